The second-order valence-corrected chi connectivity index (χ2v) is 12.4. The molecule has 40 heavy (non-hydrogen) atoms. The molecule has 0 aromatic rings. The van der Waals surface area contributed by atoms with Crippen LogP contribution in [-0.2, 0) is 28.2 Å². The Morgan fingerprint density at radius 3 is 1.27 bits per heavy atom. The van der Waals surface area contributed by atoms with Crippen LogP contribution >= 0.6 is 7.82 Å². The van der Waals surface area contributed by atoms with Gasteiger partial charge >= 0.3 is 19.8 Å². The Hall–Kier alpha value is -0.950. The van der Waals surface area contributed by atoms with Gasteiger partial charge in [-0.1, -0.05) is 142 Å². The van der Waals surface area contributed by atoms with Crippen molar-refractivity contribution in [2.45, 2.75) is 174 Å². The number of phosphoric ester groups is 1. The van der Waals surface area contributed by atoms with E-state index in [-0.39, 0.29) is 19.4 Å². The van der Waals surface area contributed by atoms with Gasteiger partial charge in [-0.05, 0) is 12.8 Å². The molecule has 1 atom stereocenters. The SMILES string of the molecule is CCCCCCCCCCCCCCCCC(=O)OC(COC(=O)CCCCCCCCCC)COP(=O)(O)O. The number of esters is 2. The van der Waals surface area contributed by atoms with Crippen LogP contribution in [0.25, 0.3) is 0 Å². The molecule has 0 spiro atoms. The van der Waals surface area contributed by atoms with Crippen LogP contribution in [0.15, 0.2) is 0 Å². The van der Waals surface area contributed by atoms with Crippen molar-refractivity contribution >= 4 is 19.8 Å². The van der Waals surface area contributed by atoms with Crippen molar-refractivity contribution in [3.63, 3.8) is 0 Å². The summed E-state index contributed by atoms with van der Waals surface area (Å²) in [6, 6.07) is 0. The first-order valence-electron chi connectivity index (χ1n) is 16.3. The van der Waals surface area contributed by atoms with Gasteiger partial charge in [0.05, 0.1) is 6.61 Å². The fourth-order valence-corrected chi connectivity index (χ4v) is 5.03. The number of rotatable bonds is 30. The van der Waals surface area contributed by atoms with Crippen LogP contribution in [-0.4, -0.2) is 41.0 Å². The van der Waals surface area contributed by atoms with Gasteiger partial charge in [0, 0.05) is 12.8 Å². The highest BCUT2D eigenvalue weighted by molar-refractivity contribution is 7.46. The van der Waals surface area contributed by atoms with Crippen LogP contribution in [0, 0.1) is 0 Å². The summed E-state index contributed by atoms with van der Waals surface area (Å²) in [5, 5.41) is 0. The largest absolute Gasteiger partial charge is 0.469 e. The van der Waals surface area contributed by atoms with E-state index >= 15 is 0 Å². The van der Waals surface area contributed by atoms with Crippen LogP contribution in [0.4, 0.5) is 0 Å². The minimum Gasteiger partial charge on any atom is -0.462 e. The Bertz CT molecular complexity index is 637. The third kappa shape index (κ3) is 30.0. The summed E-state index contributed by atoms with van der Waals surface area (Å²) in [5.74, 6) is -0.882. The molecular formula is C31H61O8P. The molecule has 0 rings (SSSR count). The summed E-state index contributed by atoms with van der Waals surface area (Å²) in [7, 11) is -4.73. The van der Waals surface area contributed by atoms with E-state index in [4.69, 9.17) is 19.3 Å². The van der Waals surface area contributed by atoms with E-state index in [1.807, 2.05) is 0 Å². The van der Waals surface area contributed by atoms with Gasteiger partial charge < -0.3 is 19.3 Å². The molecule has 0 bridgehead atoms. The zero-order valence-electron chi connectivity index (χ0n) is 25.8. The molecule has 0 aliphatic carbocycles. The second-order valence-electron chi connectivity index (χ2n) is 11.2. The fourth-order valence-electron chi connectivity index (χ4n) is 4.67. The molecule has 1 unspecified atom stereocenters. The van der Waals surface area contributed by atoms with Crippen LogP contribution in [0.2, 0.25) is 0 Å². The lowest BCUT2D eigenvalue weighted by molar-refractivity contribution is -0.161. The number of carbonyl (C=O) groups excluding carboxylic acids is 2. The van der Waals surface area contributed by atoms with Crippen LogP contribution in [0.1, 0.15) is 168 Å². The van der Waals surface area contributed by atoms with E-state index in [0.717, 1.165) is 32.1 Å². The summed E-state index contributed by atoms with van der Waals surface area (Å²) in [4.78, 5) is 42.3. The maximum Gasteiger partial charge on any atom is 0.469 e. The fraction of sp³-hybridized carbons (Fsp3) is 0.935. The van der Waals surface area contributed by atoms with E-state index in [2.05, 4.69) is 18.4 Å². The van der Waals surface area contributed by atoms with Crippen molar-refractivity contribution in [3.05, 3.63) is 0 Å². The molecule has 238 valence electrons. The molecule has 0 heterocycles. The predicted molar refractivity (Wildman–Crippen MR) is 161 cm³/mol. The van der Waals surface area contributed by atoms with Crippen molar-refractivity contribution < 1.29 is 37.9 Å². The predicted octanol–water partition coefficient (Wildman–Crippen LogP) is 8.95. The Kier molecular flexibility index (Phi) is 27.5. The van der Waals surface area contributed by atoms with Gasteiger partial charge in [-0.15, -0.1) is 0 Å². The Morgan fingerprint density at radius 1 is 0.550 bits per heavy atom. The van der Waals surface area contributed by atoms with Crippen molar-refractivity contribution in [2.75, 3.05) is 13.2 Å². The summed E-state index contributed by atoms with van der Waals surface area (Å²) >= 11 is 0. The molecular weight excluding hydrogens is 531 g/mol. The molecule has 0 saturated heterocycles. The van der Waals surface area contributed by atoms with Gasteiger partial charge in [0.25, 0.3) is 0 Å². The lowest BCUT2D eigenvalue weighted by Gasteiger charge is -2.18. The van der Waals surface area contributed by atoms with Gasteiger partial charge in [0.1, 0.15) is 6.61 Å². The van der Waals surface area contributed by atoms with Gasteiger partial charge in [-0.2, -0.15) is 0 Å². The smallest absolute Gasteiger partial charge is 0.462 e. The summed E-state index contributed by atoms with van der Waals surface area (Å²) in [5.41, 5.74) is 0. The molecule has 0 saturated carbocycles. The molecule has 0 aliphatic rings. The normalized spacial score (nSPS) is 12.4. The quantitative estimate of drug-likeness (QED) is 0.0482. The lowest BCUT2D eigenvalue weighted by atomic mass is 10.0. The summed E-state index contributed by atoms with van der Waals surface area (Å²) in [6.45, 7) is 3.63. The third-order valence-electron chi connectivity index (χ3n) is 7.13. The van der Waals surface area contributed by atoms with Gasteiger partial charge in [0.2, 0.25) is 0 Å². The lowest BCUT2D eigenvalue weighted by Crippen LogP contribution is -2.29. The van der Waals surface area contributed by atoms with Gasteiger partial charge in [-0.3, -0.25) is 14.1 Å². The Morgan fingerprint density at radius 2 is 0.900 bits per heavy atom. The van der Waals surface area contributed by atoms with Crippen molar-refractivity contribution in [1.29, 1.82) is 0 Å². The first-order valence-corrected chi connectivity index (χ1v) is 17.9. The number of phosphoric acid groups is 1. The number of carbonyl (C=O) groups is 2. The molecule has 0 radical (unpaired) electrons. The van der Waals surface area contributed by atoms with Crippen molar-refractivity contribution in [2.24, 2.45) is 0 Å². The monoisotopic (exact) mass is 592 g/mol. The van der Waals surface area contributed by atoms with Crippen LogP contribution < -0.4 is 0 Å². The first-order chi connectivity index (χ1) is 19.3. The molecule has 0 aromatic heterocycles. The zero-order chi connectivity index (χ0) is 29.7. The maximum absolute atomic E-state index is 12.3. The first kappa shape index (κ1) is 39.0. The zero-order valence-corrected chi connectivity index (χ0v) is 26.6. The van der Waals surface area contributed by atoms with Crippen LogP contribution in [0.3, 0.4) is 0 Å². The minimum atomic E-state index is -4.73. The molecule has 9 heteroatoms. The van der Waals surface area contributed by atoms with E-state index in [1.54, 1.807) is 0 Å². The van der Waals surface area contributed by atoms with E-state index in [9.17, 15) is 14.2 Å². The van der Waals surface area contributed by atoms with E-state index in [0.29, 0.717) is 6.42 Å². The summed E-state index contributed by atoms with van der Waals surface area (Å²) in [6.07, 6.45) is 25.5. The highest BCUT2D eigenvalue weighted by Gasteiger charge is 2.22. The highest BCUT2D eigenvalue weighted by Crippen LogP contribution is 2.35. The summed E-state index contributed by atoms with van der Waals surface area (Å²) < 4.78 is 26.1. The Balaban J connectivity index is 3.97. The van der Waals surface area contributed by atoms with E-state index < -0.39 is 32.5 Å². The number of hydrogen-bond donors (Lipinski definition) is 2. The van der Waals surface area contributed by atoms with Crippen molar-refractivity contribution in [3.8, 4) is 0 Å². The second kappa shape index (κ2) is 28.2. The molecule has 0 amide bonds. The third-order valence-corrected chi connectivity index (χ3v) is 7.61. The van der Waals surface area contributed by atoms with E-state index in [1.165, 1.54) is 103 Å². The van der Waals surface area contributed by atoms with Gasteiger partial charge in [-0.25, -0.2) is 4.57 Å². The molecule has 0 aromatic carbocycles. The Labute approximate surface area is 244 Å². The maximum atomic E-state index is 12.3. The topological polar surface area (TPSA) is 119 Å². The molecule has 8 nitrogen and oxygen atoms in total. The molecule has 0 aliphatic heterocycles. The standard InChI is InChI=1S/C31H61O8P/c1-3-5-7-9-11-13-14-15-16-17-18-20-22-24-26-31(33)39-29(28-38-40(34,35)36)27-37-30(32)25-23-21-19-12-10-8-6-4-2/h29H,3-28H2,1-2H3,(H2,34,35,36). The highest BCUT2D eigenvalue weighted by atomic mass is 31.2. The average molecular weight is 593 g/mol. The average Bonchev–Trinajstić information content (AvgIpc) is 2.91. The van der Waals surface area contributed by atoms with Crippen molar-refractivity contribution in [1.82, 2.24) is 0 Å². The number of hydrogen-bond acceptors (Lipinski definition) is 6. The van der Waals surface area contributed by atoms with Gasteiger partial charge in [0.15, 0.2) is 6.10 Å². The molecule has 2 N–H and O–H groups in total. The minimum absolute atomic E-state index is 0.219. The molecule has 0 fully saturated rings. The number of unbranched alkanes of at least 4 members (excludes halogenated alkanes) is 20. The number of ether oxygens (including phenoxy) is 2. The van der Waals surface area contributed by atoms with Crippen LogP contribution in [0.5, 0.6) is 0 Å².